The van der Waals surface area contributed by atoms with E-state index in [4.69, 9.17) is 17.3 Å². The van der Waals surface area contributed by atoms with Crippen LogP contribution in [0.4, 0.5) is 10.5 Å². The van der Waals surface area contributed by atoms with E-state index in [9.17, 15) is 4.79 Å². The SMILES string of the molecule is CC(C)NC(=O)Nc1cc(Cl)ccc1C#CCN. The van der Waals surface area contributed by atoms with Crippen molar-refractivity contribution < 1.29 is 4.79 Å². The molecule has 1 rings (SSSR count). The van der Waals surface area contributed by atoms with Gasteiger partial charge in [-0.05, 0) is 32.0 Å². The molecular formula is C13H16ClN3O. The zero-order valence-corrected chi connectivity index (χ0v) is 11.1. The summed E-state index contributed by atoms with van der Waals surface area (Å²) in [4.78, 5) is 11.6. The van der Waals surface area contributed by atoms with E-state index < -0.39 is 0 Å². The molecule has 0 aliphatic rings. The molecule has 0 bridgehead atoms. The number of urea groups is 1. The number of halogens is 1. The molecule has 1 aromatic carbocycles. The molecular weight excluding hydrogens is 250 g/mol. The predicted octanol–water partition coefficient (Wildman–Crippen LogP) is 2.18. The molecule has 18 heavy (non-hydrogen) atoms. The van der Waals surface area contributed by atoms with E-state index in [0.29, 0.717) is 16.3 Å². The van der Waals surface area contributed by atoms with Gasteiger partial charge in [-0.2, -0.15) is 0 Å². The maximum Gasteiger partial charge on any atom is 0.319 e. The molecule has 4 N–H and O–H groups in total. The van der Waals surface area contributed by atoms with Crippen LogP contribution >= 0.6 is 11.6 Å². The van der Waals surface area contributed by atoms with Crippen LogP contribution in [0.3, 0.4) is 0 Å². The fourth-order valence-electron chi connectivity index (χ4n) is 1.30. The van der Waals surface area contributed by atoms with Gasteiger partial charge in [0, 0.05) is 16.6 Å². The molecule has 4 nitrogen and oxygen atoms in total. The highest BCUT2D eigenvalue weighted by Gasteiger charge is 2.07. The molecule has 0 saturated heterocycles. The lowest BCUT2D eigenvalue weighted by Crippen LogP contribution is -2.34. The fourth-order valence-corrected chi connectivity index (χ4v) is 1.47. The second kappa shape index (κ2) is 6.90. The molecule has 0 aliphatic carbocycles. The van der Waals surface area contributed by atoms with Crippen molar-refractivity contribution in [2.45, 2.75) is 19.9 Å². The van der Waals surface area contributed by atoms with Crippen LogP contribution in [0.5, 0.6) is 0 Å². The molecule has 0 aromatic heterocycles. The summed E-state index contributed by atoms with van der Waals surface area (Å²) in [5.74, 6) is 5.62. The molecule has 96 valence electrons. The molecule has 0 aliphatic heterocycles. The number of nitrogens with one attached hydrogen (secondary N) is 2. The van der Waals surface area contributed by atoms with Crippen LogP contribution in [0, 0.1) is 11.8 Å². The van der Waals surface area contributed by atoms with E-state index in [1.165, 1.54) is 0 Å². The van der Waals surface area contributed by atoms with Gasteiger partial charge in [0.25, 0.3) is 0 Å². The lowest BCUT2D eigenvalue weighted by Gasteiger charge is -2.11. The molecule has 5 heteroatoms. The Hall–Kier alpha value is -1.70. The highest BCUT2D eigenvalue weighted by Crippen LogP contribution is 2.20. The quantitative estimate of drug-likeness (QED) is 0.718. The molecule has 0 heterocycles. The van der Waals surface area contributed by atoms with Crippen molar-refractivity contribution in [3.8, 4) is 11.8 Å². The van der Waals surface area contributed by atoms with Crippen LogP contribution in [-0.4, -0.2) is 18.6 Å². The van der Waals surface area contributed by atoms with Crippen molar-refractivity contribution in [3.05, 3.63) is 28.8 Å². The fraction of sp³-hybridized carbons (Fsp3) is 0.308. The van der Waals surface area contributed by atoms with Gasteiger partial charge in [-0.3, -0.25) is 0 Å². The number of hydrogen-bond donors (Lipinski definition) is 3. The lowest BCUT2D eigenvalue weighted by molar-refractivity contribution is 0.250. The van der Waals surface area contributed by atoms with Crippen molar-refractivity contribution >= 4 is 23.3 Å². The highest BCUT2D eigenvalue weighted by atomic mass is 35.5. The van der Waals surface area contributed by atoms with Gasteiger partial charge in [0.1, 0.15) is 0 Å². The van der Waals surface area contributed by atoms with E-state index in [2.05, 4.69) is 22.5 Å². The van der Waals surface area contributed by atoms with E-state index in [1.807, 2.05) is 13.8 Å². The highest BCUT2D eigenvalue weighted by molar-refractivity contribution is 6.31. The van der Waals surface area contributed by atoms with Crippen LogP contribution in [0.15, 0.2) is 18.2 Å². The predicted molar refractivity (Wildman–Crippen MR) is 74.7 cm³/mol. The number of benzene rings is 1. The Bertz CT molecular complexity index is 489. The van der Waals surface area contributed by atoms with Gasteiger partial charge in [-0.25, -0.2) is 4.79 Å². The minimum atomic E-state index is -0.289. The van der Waals surface area contributed by atoms with Crippen LogP contribution in [0.25, 0.3) is 0 Å². The van der Waals surface area contributed by atoms with E-state index >= 15 is 0 Å². The smallest absolute Gasteiger partial charge is 0.319 e. The maximum atomic E-state index is 11.6. The summed E-state index contributed by atoms with van der Waals surface area (Å²) < 4.78 is 0. The van der Waals surface area contributed by atoms with Crippen molar-refractivity contribution in [3.63, 3.8) is 0 Å². The summed E-state index contributed by atoms with van der Waals surface area (Å²) in [6.45, 7) is 4.03. The number of carbonyl (C=O) groups excluding carboxylic acids is 1. The Morgan fingerprint density at radius 1 is 1.50 bits per heavy atom. The minimum absolute atomic E-state index is 0.0581. The normalized spacial score (nSPS) is 9.61. The minimum Gasteiger partial charge on any atom is -0.336 e. The van der Waals surface area contributed by atoms with Gasteiger partial charge in [0.15, 0.2) is 0 Å². The average Bonchev–Trinajstić information content (AvgIpc) is 2.26. The number of amides is 2. The zero-order chi connectivity index (χ0) is 13.5. The van der Waals surface area contributed by atoms with Crippen molar-refractivity contribution in [1.82, 2.24) is 5.32 Å². The van der Waals surface area contributed by atoms with Crippen LogP contribution in [0.2, 0.25) is 5.02 Å². The number of carbonyl (C=O) groups is 1. The number of anilines is 1. The number of nitrogens with two attached hydrogens (primary N) is 1. The number of hydrogen-bond acceptors (Lipinski definition) is 2. The molecule has 1 aromatic rings. The van der Waals surface area contributed by atoms with Gasteiger partial charge in [0.2, 0.25) is 0 Å². The first kappa shape index (κ1) is 14.4. The standard InChI is InChI=1S/C13H16ClN3O/c1-9(2)16-13(18)17-12-8-11(14)6-5-10(12)4-3-7-15/h5-6,8-9H,7,15H2,1-2H3,(H2,16,17,18). The number of rotatable bonds is 2. The van der Waals surface area contributed by atoms with E-state index in [0.717, 1.165) is 0 Å². The van der Waals surface area contributed by atoms with E-state index in [-0.39, 0.29) is 18.6 Å². The molecule has 0 unspecified atom stereocenters. The zero-order valence-electron chi connectivity index (χ0n) is 10.4. The van der Waals surface area contributed by atoms with E-state index in [1.54, 1.807) is 18.2 Å². The van der Waals surface area contributed by atoms with Gasteiger partial charge in [0.05, 0.1) is 12.2 Å². The molecule has 0 radical (unpaired) electrons. The summed E-state index contributed by atoms with van der Waals surface area (Å²) >= 11 is 5.90. The Kier molecular flexibility index (Phi) is 5.50. The second-order valence-corrected chi connectivity index (χ2v) is 4.39. The monoisotopic (exact) mass is 265 g/mol. The third-order valence-electron chi connectivity index (χ3n) is 1.97. The Balaban J connectivity index is 2.92. The van der Waals surface area contributed by atoms with Crippen LogP contribution in [-0.2, 0) is 0 Å². The third kappa shape index (κ3) is 4.66. The molecule has 0 spiro atoms. The Morgan fingerprint density at radius 2 is 2.22 bits per heavy atom. The molecule has 0 saturated carbocycles. The maximum absolute atomic E-state index is 11.6. The summed E-state index contributed by atoms with van der Waals surface area (Å²) in [7, 11) is 0. The van der Waals surface area contributed by atoms with Gasteiger partial charge < -0.3 is 16.4 Å². The Labute approximate surface area is 112 Å². The third-order valence-corrected chi connectivity index (χ3v) is 2.21. The largest absolute Gasteiger partial charge is 0.336 e. The Morgan fingerprint density at radius 3 is 2.83 bits per heavy atom. The molecule has 0 atom stereocenters. The van der Waals surface area contributed by atoms with Crippen LogP contribution in [0.1, 0.15) is 19.4 Å². The first-order chi connectivity index (χ1) is 8.52. The summed E-state index contributed by atoms with van der Waals surface area (Å²) in [5.41, 5.74) is 6.58. The van der Waals surface area contributed by atoms with Crippen molar-refractivity contribution in [2.75, 3.05) is 11.9 Å². The lowest BCUT2D eigenvalue weighted by atomic mass is 10.2. The second-order valence-electron chi connectivity index (χ2n) is 3.95. The first-order valence-electron chi connectivity index (χ1n) is 5.59. The van der Waals surface area contributed by atoms with Crippen molar-refractivity contribution in [1.29, 1.82) is 0 Å². The summed E-state index contributed by atoms with van der Waals surface area (Å²) in [6, 6.07) is 4.89. The molecule has 2 amide bonds. The first-order valence-corrected chi connectivity index (χ1v) is 5.96. The topological polar surface area (TPSA) is 67.2 Å². The van der Waals surface area contributed by atoms with Gasteiger partial charge >= 0.3 is 6.03 Å². The summed E-state index contributed by atoms with van der Waals surface area (Å²) in [5, 5.41) is 5.98. The average molecular weight is 266 g/mol. The van der Waals surface area contributed by atoms with Crippen molar-refractivity contribution in [2.24, 2.45) is 5.73 Å². The summed E-state index contributed by atoms with van der Waals surface area (Å²) in [6.07, 6.45) is 0. The van der Waals surface area contributed by atoms with Gasteiger partial charge in [-0.1, -0.05) is 23.4 Å². The van der Waals surface area contributed by atoms with Gasteiger partial charge in [-0.15, -0.1) is 0 Å². The van der Waals surface area contributed by atoms with Crippen LogP contribution < -0.4 is 16.4 Å². The molecule has 0 fully saturated rings.